The molecule has 0 bridgehead atoms. The van der Waals surface area contributed by atoms with Crippen molar-refractivity contribution in [3.63, 3.8) is 0 Å². The summed E-state index contributed by atoms with van der Waals surface area (Å²) in [5, 5.41) is 0. The molecule has 1 aliphatic rings. The van der Waals surface area contributed by atoms with E-state index in [1.54, 1.807) is 0 Å². The molecule has 2 aromatic rings. The minimum absolute atomic E-state index is 0.0182. The highest BCUT2D eigenvalue weighted by Crippen LogP contribution is 2.37. The van der Waals surface area contributed by atoms with Crippen molar-refractivity contribution in [2.45, 2.75) is 43.7 Å². The third-order valence-electron chi connectivity index (χ3n) is 5.17. The summed E-state index contributed by atoms with van der Waals surface area (Å²) in [7, 11) is 0. The zero-order valence-electron chi connectivity index (χ0n) is 15.8. The highest BCUT2D eigenvalue weighted by atomic mass is 19.4. The van der Waals surface area contributed by atoms with Crippen LogP contribution in [-0.2, 0) is 18.8 Å². The van der Waals surface area contributed by atoms with Crippen LogP contribution in [0.2, 0.25) is 0 Å². The second-order valence-corrected chi connectivity index (χ2v) is 7.42. The number of alkyl halides is 6. The topological polar surface area (TPSA) is 46.3 Å². The van der Waals surface area contributed by atoms with E-state index in [2.05, 4.69) is 0 Å². The molecule has 2 unspecified atom stereocenters. The SMILES string of the molecule is NC1CCN(C(=O)c2cc(C(F)(F)F)cc(C(F)(F)F)c2)C(Cc2ccccc2)C1. The molecule has 30 heavy (non-hydrogen) atoms. The highest BCUT2D eigenvalue weighted by molar-refractivity contribution is 5.95. The molecule has 2 aromatic carbocycles. The lowest BCUT2D eigenvalue weighted by Crippen LogP contribution is -2.50. The molecular formula is C21H20F6N2O. The average Bonchev–Trinajstić information content (AvgIpc) is 2.67. The standard InChI is InChI=1S/C21H20F6N2O/c22-20(23,24)15-9-14(10-16(11-15)21(25,26)27)19(30)29-7-6-17(28)12-18(29)8-13-4-2-1-3-5-13/h1-5,9-11,17-18H,6-8,12,28H2. The summed E-state index contributed by atoms with van der Waals surface area (Å²) in [5.74, 6) is -0.862. The van der Waals surface area contributed by atoms with Crippen LogP contribution in [0.3, 0.4) is 0 Å². The van der Waals surface area contributed by atoms with Crippen molar-refractivity contribution in [2.75, 3.05) is 6.54 Å². The van der Waals surface area contributed by atoms with Gasteiger partial charge in [0.25, 0.3) is 5.91 Å². The lowest BCUT2D eigenvalue weighted by molar-refractivity contribution is -0.143. The molecule has 1 heterocycles. The molecule has 0 spiro atoms. The fourth-order valence-corrected chi connectivity index (χ4v) is 3.67. The van der Waals surface area contributed by atoms with Gasteiger partial charge < -0.3 is 10.6 Å². The number of rotatable bonds is 3. The van der Waals surface area contributed by atoms with Crippen molar-refractivity contribution in [1.82, 2.24) is 4.90 Å². The number of nitrogens with two attached hydrogens (primary N) is 1. The molecular weight excluding hydrogens is 410 g/mol. The smallest absolute Gasteiger partial charge is 0.335 e. The van der Waals surface area contributed by atoms with E-state index in [0.29, 0.717) is 31.4 Å². The predicted octanol–water partition coefficient (Wildman–Crippen LogP) is 4.90. The molecule has 2 atom stereocenters. The molecule has 3 rings (SSSR count). The first-order valence-corrected chi connectivity index (χ1v) is 9.35. The maximum Gasteiger partial charge on any atom is 0.416 e. The molecule has 0 saturated carbocycles. The molecule has 0 aliphatic carbocycles. The Labute approximate surface area is 169 Å². The fourth-order valence-electron chi connectivity index (χ4n) is 3.67. The average molecular weight is 430 g/mol. The van der Waals surface area contributed by atoms with Gasteiger partial charge in [-0.3, -0.25) is 4.79 Å². The third-order valence-corrected chi connectivity index (χ3v) is 5.17. The van der Waals surface area contributed by atoms with Crippen molar-refractivity contribution < 1.29 is 31.1 Å². The van der Waals surface area contributed by atoms with Gasteiger partial charge in [0.05, 0.1) is 11.1 Å². The van der Waals surface area contributed by atoms with Crippen molar-refractivity contribution in [3.05, 3.63) is 70.8 Å². The Bertz CT molecular complexity index is 862. The van der Waals surface area contributed by atoms with Gasteiger partial charge in [-0.15, -0.1) is 0 Å². The maximum atomic E-state index is 13.1. The van der Waals surface area contributed by atoms with E-state index in [9.17, 15) is 31.1 Å². The number of hydrogen-bond acceptors (Lipinski definition) is 2. The first-order valence-electron chi connectivity index (χ1n) is 9.35. The van der Waals surface area contributed by atoms with Gasteiger partial charge in [0, 0.05) is 24.2 Å². The summed E-state index contributed by atoms with van der Waals surface area (Å²) >= 11 is 0. The Morgan fingerprint density at radius 1 is 0.967 bits per heavy atom. The number of benzene rings is 2. The van der Waals surface area contributed by atoms with Gasteiger partial charge in [-0.2, -0.15) is 26.3 Å². The van der Waals surface area contributed by atoms with Crippen molar-refractivity contribution >= 4 is 5.91 Å². The lowest BCUT2D eigenvalue weighted by atomic mass is 9.91. The zero-order valence-corrected chi connectivity index (χ0v) is 15.8. The summed E-state index contributed by atoms with van der Waals surface area (Å²) in [6.07, 6.45) is -8.78. The van der Waals surface area contributed by atoms with Crippen LogP contribution in [0.25, 0.3) is 0 Å². The summed E-state index contributed by atoms with van der Waals surface area (Å²) in [6, 6.07) is 9.48. The van der Waals surface area contributed by atoms with E-state index in [4.69, 9.17) is 5.73 Å². The Morgan fingerprint density at radius 3 is 2.07 bits per heavy atom. The van der Waals surface area contributed by atoms with E-state index < -0.39 is 41.0 Å². The number of halogens is 6. The number of likely N-dealkylation sites (tertiary alicyclic amines) is 1. The van der Waals surface area contributed by atoms with Crippen LogP contribution in [0.15, 0.2) is 48.5 Å². The minimum Gasteiger partial charge on any atom is -0.335 e. The summed E-state index contributed by atoms with van der Waals surface area (Å²) in [6.45, 7) is 0.162. The van der Waals surface area contributed by atoms with E-state index in [0.717, 1.165) is 5.56 Å². The molecule has 0 radical (unpaired) electrons. The normalized spacial score (nSPS) is 20.3. The highest BCUT2D eigenvalue weighted by Gasteiger charge is 2.39. The number of hydrogen-bond donors (Lipinski definition) is 1. The van der Waals surface area contributed by atoms with Crippen LogP contribution < -0.4 is 5.73 Å². The Balaban J connectivity index is 1.96. The second-order valence-electron chi connectivity index (χ2n) is 7.42. The Hall–Kier alpha value is -2.55. The summed E-state index contributed by atoms with van der Waals surface area (Å²) in [5.41, 5.74) is 3.26. The lowest BCUT2D eigenvalue weighted by Gasteiger charge is -2.39. The van der Waals surface area contributed by atoms with Gasteiger partial charge in [-0.25, -0.2) is 0 Å². The number of carbonyl (C=O) groups is 1. The number of carbonyl (C=O) groups excluding carboxylic acids is 1. The van der Waals surface area contributed by atoms with Gasteiger partial charge in [0.1, 0.15) is 0 Å². The van der Waals surface area contributed by atoms with Gasteiger partial charge >= 0.3 is 12.4 Å². The van der Waals surface area contributed by atoms with Crippen LogP contribution in [0.4, 0.5) is 26.3 Å². The van der Waals surface area contributed by atoms with Crippen LogP contribution in [0.5, 0.6) is 0 Å². The Morgan fingerprint density at radius 2 is 1.53 bits per heavy atom. The molecule has 9 heteroatoms. The molecule has 0 aromatic heterocycles. The predicted molar refractivity (Wildman–Crippen MR) is 98.6 cm³/mol. The van der Waals surface area contributed by atoms with E-state index in [1.165, 1.54) is 4.90 Å². The van der Waals surface area contributed by atoms with Crippen LogP contribution in [-0.4, -0.2) is 29.4 Å². The largest absolute Gasteiger partial charge is 0.416 e. The molecule has 162 valence electrons. The fraction of sp³-hybridized carbons (Fsp3) is 0.381. The van der Waals surface area contributed by atoms with Crippen LogP contribution >= 0.6 is 0 Å². The van der Waals surface area contributed by atoms with Crippen LogP contribution in [0.1, 0.15) is 39.9 Å². The summed E-state index contributed by atoms with van der Waals surface area (Å²) < 4.78 is 78.9. The molecule has 1 saturated heterocycles. The molecule has 3 nitrogen and oxygen atoms in total. The second kappa shape index (κ2) is 8.29. The van der Waals surface area contributed by atoms with E-state index in [1.807, 2.05) is 30.3 Å². The van der Waals surface area contributed by atoms with Crippen molar-refractivity contribution in [2.24, 2.45) is 5.73 Å². The van der Waals surface area contributed by atoms with E-state index in [-0.39, 0.29) is 18.7 Å². The van der Waals surface area contributed by atoms with Crippen molar-refractivity contribution in [3.8, 4) is 0 Å². The zero-order chi connectivity index (χ0) is 22.1. The van der Waals surface area contributed by atoms with Gasteiger partial charge in [0.2, 0.25) is 0 Å². The monoisotopic (exact) mass is 430 g/mol. The molecule has 1 aliphatic heterocycles. The molecule has 1 fully saturated rings. The third kappa shape index (κ3) is 5.13. The molecule has 1 amide bonds. The maximum absolute atomic E-state index is 13.1. The summed E-state index contributed by atoms with van der Waals surface area (Å²) in [4.78, 5) is 14.4. The number of nitrogens with zero attached hydrogens (tertiary/aromatic N) is 1. The number of piperidine rings is 1. The Kier molecular flexibility index (Phi) is 6.12. The van der Waals surface area contributed by atoms with Gasteiger partial charge in [0.15, 0.2) is 0 Å². The van der Waals surface area contributed by atoms with Gasteiger partial charge in [-0.05, 0) is 43.0 Å². The quantitative estimate of drug-likeness (QED) is 0.705. The van der Waals surface area contributed by atoms with Crippen molar-refractivity contribution in [1.29, 1.82) is 0 Å². The minimum atomic E-state index is -5.01. The van der Waals surface area contributed by atoms with E-state index >= 15 is 0 Å². The molecule has 2 N–H and O–H groups in total. The first kappa shape index (κ1) is 22.1. The first-order chi connectivity index (χ1) is 13.9. The van der Waals surface area contributed by atoms with Gasteiger partial charge in [-0.1, -0.05) is 30.3 Å². The van der Waals surface area contributed by atoms with Crippen LogP contribution in [0, 0.1) is 0 Å². The number of amides is 1.